The summed E-state index contributed by atoms with van der Waals surface area (Å²) in [6.45, 7) is 1.91. The van der Waals surface area contributed by atoms with Crippen LogP contribution in [-0.4, -0.2) is 32.2 Å². The van der Waals surface area contributed by atoms with Gasteiger partial charge in [0.1, 0.15) is 0 Å². The van der Waals surface area contributed by atoms with E-state index in [1.807, 2.05) is 31.2 Å². The van der Waals surface area contributed by atoms with Gasteiger partial charge in [-0.15, -0.1) is 0 Å². The van der Waals surface area contributed by atoms with Crippen LogP contribution < -0.4 is 19.5 Å². The summed E-state index contributed by atoms with van der Waals surface area (Å²) in [5, 5.41) is 2.97. The number of hydrogen-bond donors (Lipinski definition) is 1. The predicted octanol–water partition coefficient (Wildman–Crippen LogP) is 2.53. The topological polar surface area (TPSA) is 69.7 Å². The minimum atomic E-state index is -0.201. The zero-order chi connectivity index (χ0) is 17.5. The quantitative estimate of drug-likeness (QED) is 0.845. The fourth-order valence-corrected chi connectivity index (χ4v) is 2.41. The van der Waals surface area contributed by atoms with E-state index in [9.17, 15) is 4.79 Å². The van der Waals surface area contributed by atoms with E-state index in [2.05, 4.69) is 10.3 Å². The van der Waals surface area contributed by atoms with Crippen molar-refractivity contribution in [3.8, 4) is 17.2 Å². The number of ether oxygens (including phenoxy) is 3. The third-order valence-corrected chi connectivity index (χ3v) is 3.68. The Morgan fingerprint density at radius 2 is 1.67 bits per heavy atom. The summed E-state index contributed by atoms with van der Waals surface area (Å²) in [4.78, 5) is 16.2. The number of carbonyl (C=O) groups excluding carboxylic acids is 1. The highest BCUT2D eigenvalue weighted by Crippen LogP contribution is 2.39. The second-order valence-electron chi connectivity index (χ2n) is 5.28. The van der Waals surface area contributed by atoms with E-state index in [-0.39, 0.29) is 11.9 Å². The summed E-state index contributed by atoms with van der Waals surface area (Å²) >= 11 is 0. The lowest BCUT2D eigenvalue weighted by Gasteiger charge is -2.19. The molecule has 0 aliphatic rings. The molecule has 0 bridgehead atoms. The van der Waals surface area contributed by atoms with Crippen molar-refractivity contribution in [1.29, 1.82) is 0 Å². The molecule has 1 atom stereocenters. The Kier molecular flexibility index (Phi) is 6.01. The molecular formula is C18H22N2O4. The van der Waals surface area contributed by atoms with Crippen molar-refractivity contribution in [2.45, 2.75) is 19.4 Å². The molecular weight excluding hydrogens is 308 g/mol. The van der Waals surface area contributed by atoms with Crippen molar-refractivity contribution >= 4 is 5.91 Å². The Balaban J connectivity index is 2.14. The summed E-state index contributed by atoms with van der Waals surface area (Å²) in [7, 11) is 4.68. The van der Waals surface area contributed by atoms with Gasteiger partial charge < -0.3 is 19.5 Å². The van der Waals surface area contributed by atoms with Crippen LogP contribution in [-0.2, 0) is 11.2 Å². The molecule has 0 aliphatic carbocycles. The predicted molar refractivity (Wildman–Crippen MR) is 90.6 cm³/mol. The van der Waals surface area contributed by atoms with Gasteiger partial charge in [-0.25, -0.2) is 0 Å². The van der Waals surface area contributed by atoms with Crippen molar-refractivity contribution in [3.05, 3.63) is 47.8 Å². The second kappa shape index (κ2) is 8.19. The first-order chi connectivity index (χ1) is 11.6. The maximum atomic E-state index is 12.2. The number of aromatic nitrogens is 1. The molecule has 6 heteroatoms. The standard InChI is InChI=1S/C18H22N2O4/c1-12(20-17(21)9-13-5-7-19-8-6-13)14-10-15(22-2)18(24-4)16(11-14)23-3/h5-8,10-12H,9H2,1-4H3,(H,20,21). The highest BCUT2D eigenvalue weighted by Gasteiger charge is 2.17. The molecule has 1 aromatic carbocycles. The van der Waals surface area contributed by atoms with Gasteiger partial charge in [0.25, 0.3) is 0 Å². The fourth-order valence-electron chi connectivity index (χ4n) is 2.41. The first kappa shape index (κ1) is 17.6. The molecule has 1 amide bonds. The van der Waals surface area contributed by atoms with Crippen molar-refractivity contribution in [1.82, 2.24) is 10.3 Å². The van der Waals surface area contributed by atoms with E-state index in [1.54, 1.807) is 33.7 Å². The van der Waals surface area contributed by atoms with Gasteiger partial charge in [-0.3, -0.25) is 9.78 Å². The van der Waals surface area contributed by atoms with Crippen LogP contribution in [0.1, 0.15) is 24.1 Å². The number of nitrogens with one attached hydrogen (secondary N) is 1. The van der Waals surface area contributed by atoms with Crippen LogP contribution in [0.2, 0.25) is 0 Å². The Hall–Kier alpha value is -2.76. The molecule has 0 radical (unpaired) electrons. The average Bonchev–Trinajstić information content (AvgIpc) is 2.60. The number of amides is 1. The molecule has 1 heterocycles. The van der Waals surface area contributed by atoms with Gasteiger partial charge in [0.15, 0.2) is 11.5 Å². The number of rotatable bonds is 7. The fraction of sp³-hybridized carbons (Fsp3) is 0.333. The van der Waals surface area contributed by atoms with Crippen molar-refractivity contribution in [3.63, 3.8) is 0 Å². The third kappa shape index (κ3) is 4.16. The number of pyridine rings is 1. The van der Waals surface area contributed by atoms with E-state index in [4.69, 9.17) is 14.2 Å². The summed E-state index contributed by atoms with van der Waals surface area (Å²) in [5.74, 6) is 1.57. The monoisotopic (exact) mass is 330 g/mol. The Morgan fingerprint density at radius 3 is 2.17 bits per heavy atom. The molecule has 0 saturated heterocycles. The SMILES string of the molecule is COc1cc(C(C)NC(=O)Cc2ccncc2)cc(OC)c1OC. The van der Waals surface area contributed by atoms with Crippen molar-refractivity contribution < 1.29 is 19.0 Å². The average molecular weight is 330 g/mol. The molecule has 0 aliphatic heterocycles. The molecule has 2 rings (SSSR count). The van der Waals surface area contributed by atoms with Gasteiger partial charge in [0.05, 0.1) is 33.8 Å². The zero-order valence-corrected chi connectivity index (χ0v) is 14.3. The number of methoxy groups -OCH3 is 3. The lowest BCUT2D eigenvalue weighted by molar-refractivity contribution is -0.121. The van der Waals surface area contributed by atoms with Gasteiger partial charge >= 0.3 is 0 Å². The molecule has 1 aromatic heterocycles. The molecule has 0 saturated carbocycles. The maximum Gasteiger partial charge on any atom is 0.224 e. The highest BCUT2D eigenvalue weighted by molar-refractivity contribution is 5.79. The first-order valence-corrected chi connectivity index (χ1v) is 7.57. The Bertz CT molecular complexity index is 664. The minimum absolute atomic E-state index is 0.0672. The number of benzene rings is 1. The van der Waals surface area contributed by atoms with Gasteiger partial charge in [-0.1, -0.05) is 0 Å². The van der Waals surface area contributed by atoms with E-state index >= 15 is 0 Å². The normalized spacial score (nSPS) is 11.5. The van der Waals surface area contributed by atoms with Crippen LogP contribution in [0.5, 0.6) is 17.2 Å². The van der Waals surface area contributed by atoms with Crippen LogP contribution in [0, 0.1) is 0 Å². The molecule has 1 unspecified atom stereocenters. The van der Waals surface area contributed by atoms with Crippen LogP contribution in [0.4, 0.5) is 0 Å². The molecule has 128 valence electrons. The highest BCUT2D eigenvalue weighted by atomic mass is 16.5. The van der Waals surface area contributed by atoms with Crippen LogP contribution >= 0.6 is 0 Å². The van der Waals surface area contributed by atoms with Crippen LogP contribution in [0.3, 0.4) is 0 Å². The first-order valence-electron chi connectivity index (χ1n) is 7.57. The molecule has 6 nitrogen and oxygen atoms in total. The molecule has 2 aromatic rings. The smallest absolute Gasteiger partial charge is 0.224 e. The number of nitrogens with zero attached hydrogens (tertiary/aromatic N) is 1. The van der Waals surface area contributed by atoms with Crippen molar-refractivity contribution in [2.75, 3.05) is 21.3 Å². The lowest BCUT2D eigenvalue weighted by Crippen LogP contribution is -2.28. The zero-order valence-electron chi connectivity index (χ0n) is 14.3. The van der Waals surface area contributed by atoms with E-state index < -0.39 is 0 Å². The van der Waals surface area contributed by atoms with Gasteiger partial charge in [-0.2, -0.15) is 0 Å². The number of carbonyl (C=O) groups is 1. The molecule has 1 N–H and O–H groups in total. The number of hydrogen-bond acceptors (Lipinski definition) is 5. The molecule has 0 spiro atoms. The van der Waals surface area contributed by atoms with Gasteiger partial charge in [0, 0.05) is 12.4 Å². The minimum Gasteiger partial charge on any atom is -0.493 e. The Labute approximate surface area is 141 Å². The van der Waals surface area contributed by atoms with Crippen LogP contribution in [0.15, 0.2) is 36.7 Å². The maximum absolute atomic E-state index is 12.2. The largest absolute Gasteiger partial charge is 0.493 e. The summed E-state index contributed by atoms with van der Waals surface area (Å²) in [6.07, 6.45) is 3.65. The van der Waals surface area contributed by atoms with E-state index in [1.165, 1.54) is 0 Å². The summed E-state index contributed by atoms with van der Waals surface area (Å²) < 4.78 is 16.0. The van der Waals surface area contributed by atoms with Crippen molar-refractivity contribution in [2.24, 2.45) is 0 Å². The van der Waals surface area contributed by atoms with E-state index in [0.717, 1.165) is 11.1 Å². The van der Waals surface area contributed by atoms with Crippen LogP contribution in [0.25, 0.3) is 0 Å². The molecule has 24 heavy (non-hydrogen) atoms. The van der Waals surface area contributed by atoms with Gasteiger partial charge in [-0.05, 0) is 42.3 Å². The van der Waals surface area contributed by atoms with E-state index in [0.29, 0.717) is 23.7 Å². The lowest BCUT2D eigenvalue weighted by atomic mass is 10.1. The second-order valence-corrected chi connectivity index (χ2v) is 5.28. The summed E-state index contributed by atoms with van der Waals surface area (Å²) in [5.41, 5.74) is 1.78. The summed E-state index contributed by atoms with van der Waals surface area (Å²) in [6, 6.07) is 7.11. The van der Waals surface area contributed by atoms with Gasteiger partial charge in [0.2, 0.25) is 11.7 Å². The third-order valence-electron chi connectivity index (χ3n) is 3.68. The Morgan fingerprint density at radius 1 is 1.08 bits per heavy atom. The molecule has 0 fully saturated rings.